The van der Waals surface area contributed by atoms with Crippen LogP contribution in [-0.4, -0.2) is 34.2 Å². The fourth-order valence-electron chi connectivity index (χ4n) is 3.80. The molecule has 0 amide bonds. The van der Waals surface area contributed by atoms with Gasteiger partial charge in [-0.2, -0.15) is 0 Å². The number of rotatable bonds is 8. The van der Waals surface area contributed by atoms with E-state index in [2.05, 4.69) is 13.2 Å². The largest absolute Gasteiger partial charge is 0.435 e. The van der Waals surface area contributed by atoms with Crippen molar-refractivity contribution in [2.45, 2.75) is 27.7 Å². The molecule has 28 heavy (non-hydrogen) atoms. The Balaban J connectivity index is 3.10. The molecule has 0 aliphatic heterocycles. The first kappa shape index (κ1) is 21.6. The summed E-state index contributed by atoms with van der Waals surface area (Å²) in [6.45, 7) is 15.8. The lowest BCUT2D eigenvalue weighted by Crippen LogP contribution is -2.15. The van der Waals surface area contributed by atoms with Crippen LogP contribution in [0, 0.1) is 6.92 Å². The van der Waals surface area contributed by atoms with E-state index in [1.807, 2.05) is 73.1 Å². The van der Waals surface area contributed by atoms with Crippen LogP contribution in [-0.2, 0) is 0 Å². The van der Waals surface area contributed by atoms with Crippen molar-refractivity contribution >= 4 is 45.6 Å². The Labute approximate surface area is 169 Å². The second-order valence-electron chi connectivity index (χ2n) is 6.38. The van der Waals surface area contributed by atoms with Crippen molar-refractivity contribution in [1.29, 1.82) is 0 Å². The first-order chi connectivity index (χ1) is 13.6. The molecular formula is C22H28B2N2O2. The SMILES string of the molecule is C=Cc1c(C)c(-c2c(C=C)c(/C=C\C)c(/C=C\C)n2BO)n(BO)c1/C=C\C. The third-order valence-electron chi connectivity index (χ3n) is 4.88. The van der Waals surface area contributed by atoms with Crippen LogP contribution in [0.5, 0.6) is 0 Å². The van der Waals surface area contributed by atoms with Gasteiger partial charge in [0.25, 0.3) is 0 Å². The monoisotopic (exact) mass is 374 g/mol. The maximum Gasteiger partial charge on any atom is 0.398 e. The molecule has 6 heteroatoms. The van der Waals surface area contributed by atoms with E-state index >= 15 is 0 Å². The average Bonchev–Trinajstić information content (AvgIpc) is 3.13. The van der Waals surface area contributed by atoms with Crippen LogP contribution in [0.3, 0.4) is 0 Å². The molecule has 4 nitrogen and oxygen atoms in total. The maximum absolute atomic E-state index is 10.2. The smallest absolute Gasteiger partial charge is 0.398 e. The van der Waals surface area contributed by atoms with Gasteiger partial charge < -0.3 is 19.0 Å². The Kier molecular flexibility index (Phi) is 7.32. The normalized spacial score (nSPS) is 11.8. The van der Waals surface area contributed by atoms with Crippen LogP contribution < -0.4 is 0 Å². The first-order valence-electron chi connectivity index (χ1n) is 9.40. The van der Waals surface area contributed by atoms with E-state index in [4.69, 9.17) is 0 Å². The summed E-state index contributed by atoms with van der Waals surface area (Å²) < 4.78 is 3.70. The fraction of sp³-hybridized carbons (Fsp3) is 0.182. The van der Waals surface area contributed by atoms with Gasteiger partial charge in [0.1, 0.15) is 0 Å². The molecule has 0 saturated heterocycles. The minimum absolute atomic E-state index is 0.186. The van der Waals surface area contributed by atoms with Gasteiger partial charge in [-0.05, 0) is 45.4 Å². The first-order valence-corrected chi connectivity index (χ1v) is 9.40. The van der Waals surface area contributed by atoms with Crippen molar-refractivity contribution < 1.29 is 10.0 Å². The lowest BCUT2D eigenvalue weighted by atomic mass is 10.0. The number of allylic oxidation sites excluding steroid dienone is 3. The van der Waals surface area contributed by atoms with E-state index in [9.17, 15) is 10.0 Å². The van der Waals surface area contributed by atoms with E-state index in [-0.39, 0.29) is 15.2 Å². The zero-order valence-corrected chi connectivity index (χ0v) is 17.2. The zero-order chi connectivity index (χ0) is 20.8. The Bertz CT molecular complexity index is 976. The molecule has 0 atom stereocenters. The van der Waals surface area contributed by atoms with Crippen molar-refractivity contribution in [3.05, 3.63) is 65.0 Å². The van der Waals surface area contributed by atoms with Crippen LogP contribution in [0.4, 0.5) is 0 Å². The Morgan fingerprint density at radius 1 is 0.714 bits per heavy atom. The molecule has 0 aliphatic carbocycles. The second kappa shape index (κ2) is 9.49. The van der Waals surface area contributed by atoms with Crippen molar-refractivity contribution in [2.75, 3.05) is 0 Å². The maximum atomic E-state index is 10.2. The van der Waals surface area contributed by atoms with Gasteiger partial charge in [0.15, 0.2) is 0 Å². The van der Waals surface area contributed by atoms with Gasteiger partial charge in [-0.1, -0.05) is 49.6 Å². The van der Waals surface area contributed by atoms with Gasteiger partial charge in [0.2, 0.25) is 0 Å². The van der Waals surface area contributed by atoms with Crippen LogP contribution in [0.1, 0.15) is 54.4 Å². The number of nitrogens with zero attached hydrogens (tertiary/aromatic N) is 2. The van der Waals surface area contributed by atoms with Gasteiger partial charge in [0, 0.05) is 28.1 Å². The summed E-state index contributed by atoms with van der Waals surface area (Å²) >= 11 is 0. The molecule has 0 aromatic carbocycles. The van der Waals surface area contributed by atoms with E-state index in [0.29, 0.717) is 0 Å². The van der Waals surface area contributed by atoms with Crippen LogP contribution >= 0.6 is 0 Å². The topological polar surface area (TPSA) is 50.3 Å². The Hall–Kier alpha value is -2.69. The summed E-state index contributed by atoms with van der Waals surface area (Å²) in [6, 6.07) is 0. The molecule has 2 aromatic rings. The zero-order valence-electron chi connectivity index (χ0n) is 17.2. The highest BCUT2D eigenvalue weighted by molar-refractivity contribution is 6.28. The fourth-order valence-corrected chi connectivity index (χ4v) is 3.80. The lowest BCUT2D eigenvalue weighted by Gasteiger charge is -2.14. The lowest BCUT2D eigenvalue weighted by molar-refractivity contribution is 0.585. The van der Waals surface area contributed by atoms with Crippen molar-refractivity contribution in [2.24, 2.45) is 0 Å². The van der Waals surface area contributed by atoms with Gasteiger partial charge in [-0.25, -0.2) is 0 Å². The highest BCUT2D eigenvalue weighted by atomic mass is 16.2. The molecule has 0 unspecified atom stereocenters. The molecule has 2 rings (SSSR count). The summed E-state index contributed by atoms with van der Waals surface area (Å²) in [7, 11) is -0.374. The minimum Gasteiger partial charge on any atom is -0.435 e. The molecule has 0 saturated carbocycles. The van der Waals surface area contributed by atoms with Crippen molar-refractivity contribution in [1.82, 2.24) is 8.96 Å². The van der Waals surface area contributed by atoms with Crippen LogP contribution in [0.25, 0.3) is 41.8 Å². The highest BCUT2D eigenvalue weighted by Gasteiger charge is 2.26. The standard InChI is InChI=1S/C22H28B2N2O2/c1-7-12-18-17(11-5)22(26(24-28)20(18)14-9-3)21-15(6)16(10-4)19(13-8-2)25(21)23-27/h7-14,23-24,27-28H,4-5H2,1-3,6H3/b12-7-,13-8-,14-9-. The summed E-state index contributed by atoms with van der Waals surface area (Å²) in [5.74, 6) is 0. The molecule has 2 heterocycles. The third-order valence-corrected chi connectivity index (χ3v) is 4.88. The molecule has 144 valence electrons. The second-order valence-corrected chi connectivity index (χ2v) is 6.38. The predicted molar refractivity (Wildman–Crippen MR) is 126 cm³/mol. The molecule has 0 fully saturated rings. The summed E-state index contributed by atoms with van der Waals surface area (Å²) in [5.41, 5.74) is 7.30. The minimum atomic E-state index is -0.189. The average molecular weight is 374 g/mol. The third kappa shape index (κ3) is 3.41. The molecule has 0 spiro atoms. The van der Waals surface area contributed by atoms with E-state index in [1.54, 1.807) is 12.2 Å². The molecule has 2 N–H and O–H groups in total. The summed E-state index contributed by atoms with van der Waals surface area (Å²) in [4.78, 5) is 0. The van der Waals surface area contributed by atoms with E-state index < -0.39 is 0 Å². The molecular weight excluding hydrogens is 346 g/mol. The highest BCUT2D eigenvalue weighted by Crippen LogP contribution is 2.39. The summed E-state index contributed by atoms with van der Waals surface area (Å²) in [5, 5.41) is 20.4. The predicted octanol–water partition coefficient (Wildman–Crippen LogP) is 3.86. The van der Waals surface area contributed by atoms with E-state index in [1.165, 1.54) is 0 Å². The Morgan fingerprint density at radius 3 is 1.61 bits per heavy atom. The van der Waals surface area contributed by atoms with Gasteiger partial charge in [-0.3, -0.25) is 0 Å². The molecule has 2 aromatic heterocycles. The quantitative estimate of drug-likeness (QED) is 0.690. The van der Waals surface area contributed by atoms with Gasteiger partial charge in [-0.15, -0.1) is 0 Å². The number of aromatic nitrogens is 2. The van der Waals surface area contributed by atoms with E-state index in [0.717, 1.165) is 45.0 Å². The number of hydrogen-bond acceptors (Lipinski definition) is 2. The molecule has 0 bridgehead atoms. The number of hydrogen-bond donors (Lipinski definition) is 2. The molecule has 0 radical (unpaired) electrons. The van der Waals surface area contributed by atoms with Gasteiger partial charge in [0.05, 0.1) is 11.4 Å². The molecule has 0 aliphatic rings. The summed E-state index contributed by atoms with van der Waals surface area (Å²) in [6.07, 6.45) is 15.4. The van der Waals surface area contributed by atoms with Crippen molar-refractivity contribution in [3.63, 3.8) is 0 Å². The van der Waals surface area contributed by atoms with Crippen LogP contribution in [0.2, 0.25) is 0 Å². The van der Waals surface area contributed by atoms with Gasteiger partial charge >= 0.3 is 15.2 Å². The van der Waals surface area contributed by atoms with Crippen molar-refractivity contribution in [3.8, 4) is 11.4 Å². The van der Waals surface area contributed by atoms with Crippen LogP contribution in [0.15, 0.2) is 31.4 Å². The Morgan fingerprint density at radius 2 is 1.18 bits per heavy atom.